The van der Waals surface area contributed by atoms with Crippen molar-refractivity contribution in [2.75, 3.05) is 12.9 Å². The number of hydrogen-bond donors (Lipinski definition) is 1. The molecule has 0 aromatic carbocycles. The van der Waals surface area contributed by atoms with Crippen molar-refractivity contribution in [2.45, 2.75) is 17.9 Å². The highest BCUT2D eigenvalue weighted by Gasteiger charge is 2.31. The summed E-state index contributed by atoms with van der Waals surface area (Å²) in [7, 11) is 1.30. The third kappa shape index (κ3) is 3.54. The van der Waals surface area contributed by atoms with E-state index in [0.717, 1.165) is 10.9 Å². The van der Waals surface area contributed by atoms with Gasteiger partial charge >= 0.3 is 12.1 Å². The normalized spacial score (nSPS) is 11.8. The van der Waals surface area contributed by atoms with Gasteiger partial charge in [0.05, 0.1) is 12.9 Å². The summed E-state index contributed by atoms with van der Waals surface area (Å²) in [4.78, 5) is 22.1. The van der Waals surface area contributed by atoms with E-state index in [1.807, 2.05) is 0 Å². The van der Waals surface area contributed by atoms with Crippen molar-refractivity contribution < 1.29 is 27.8 Å². The van der Waals surface area contributed by atoms with Crippen LogP contribution in [0.2, 0.25) is 0 Å². The molecule has 0 saturated heterocycles. The maximum atomic E-state index is 12.7. The maximum Gasteiger partial charge on any atom is 0.406 e. The van der Waals surface area contributed by atoms with Crippen LogP contribution in [0, 0.1) is 0 Å². The van der Waals surface area contributed by atoms with Crippen LogP contribution in [0.25, 0.3) is 11.2 Å². The van der Waals surface area contributed by atoms with E-state index in [-0.39, 0.29) is 22.2 Å². The summed E-state index contributed by atoms with van der Waals surface area (Å²) in [5, 5.41) is 8.53. The van der Waals surface area contributed by atoms with Crippen LogP contribution in [0.5, 0.6) is 5.88 Å². The molecule has 0 aliphatic rings. The van der Waals surface area contributed by atoms with Crippen LogP contribution in [-0.2, 0) is 11.3 Å². The summed E-state index contributed by atoms with van der Waals surface area (Å²) in [5.41, 5.74) is -0.01000. The van der Waals surface area contributed by atoms with Gasteiger partial charge in [-0.2, -0.15) is 18.2 Å². The first kappa shape index (κ1) is 15.4. The predicted molar refractivity (Wildman–Crippen MR) is 66.3 cm³/mol. The molecule has 0 saturated carbocycles. The summed E-state index contributed by atoms with van der Waals surface area (Å²) >= 11 is 0.670. The van der Waals surface area contributed by atoms with Crippen LogP contribution in [-0.4, -0.2) is 49.6 Å². The molecule has 0 aliphatic carbocycles. The van der Waals surface area contributed by atoms with Crippen LogP contribution in [0.3, 0.4) is 0 Å². The smallest absolute Gasteiger partial charge is 0.406 e. The predicted octanol–water partition coefficient (Wildman–Crippen LogP) is 1.57. The van der Waals surface area contributed by atoms with Crippen LogP contribution in [0.15, 0.2) is 11.5 Å². The number of rotatable bonds is 5. The Morgan fingerprint density at radius 1 is 1.48 bits per heavy atom. The van der Waals surface area contributed by atoms with E-state index in [1.54, 1.807) is 0 Å². The molecule has 0 atom stereocenters. The number of aromatic nitrogens is 4. The molecule has 0 amide bonds. The van der Waals surface area contributed by atoms with E-state index in [1.165, 1.54) is 7.11 Å². The van der Waals surface area contributed by atoms with Crippen LogP contribution in [0.4, 0.5) is 13.2 Å². The van der Waals surface area contributed by atoms with Crippen molar-refractivity contribution in [3.05, 3.63) is 6.33 Å². The largest absolute Gasteiger partial charge is 0.481 e. The van der Waals surface area contributed by atoms with E-state index in [0.29, 0.717) is 11.8 Å². The monoisotopic (exact) mass is 322 g/mol. The fourth-order valence-electron chi connectivity index (χ4n) is 1.60. The highest BCUT2D eigenvalue weighted by molar-refractivity contribution is 7.99. The number of carboxylic acids is 1. The van der Waals surface area contributed by atoms with Gasteiger partial charge in [-0.3, -0.25) is 9.36 Å². The Bertz CT molecular complexity index is 673. The summed E-state index contributed by atoms with van der Waals surface area (Å²) in [6.07, 6.45) is -3.44. The quantitative estimate of drug-likeness (QED) is 0.836. The lowest BCUT2D eigenvalue weighted by atomic mass is 10.5. The number of alkyl halides is 3. The van der Waals surface area contributed by atoms with Crippen LogP contribution in [0.1, 0.15) is 0 Å². The number of hydrogen-bond acceptors (Lipinski definition) is 6. The first-order valence-electron chi connectivity index (χ1n) is 5.48. The van der Waals surface area contributed by atoms with Gasteiger partial charge in [-0.05, 0) is 0 Å². The van der Waals surface area contributed by atoms with Gasteiger partial charge in [0.25, 0.3) is 0 Å². The second-order valence-electron chi connectivity index (χ2n) is 3.83. The first-order chi connectivity index (χ1) is 9.81. The Morgan fingerprint density at radius 2 is 2.19 bits per heavy atom. The summed E-state index contributed by atoms with van der Waals surface area (Å²) < 4.78 is 43.7. The highest BCUT2D eigenvalue weighted by atomic mass is 32.2. The molecule has 11 heteroatoms. The van der Waals surface area contributed by atoms with Crippen molar-refractivity contribution in [2.24, 2.45) is 0 Å². The Balaban J connectivity index is 2.53. The molecule has 0 bridgehead atoms. The lowest BCUT2D eigenvalue weighted by Crippen LogP contribution is -2.19. The number of ether oxygens (including phenoxy) is 1. The molecular weight excluding hydrogens is 313 g/mol. The van der Waals surface area contributed by atoms with Gasteiger partial charge in [0.15, 0.2) is 16.3 Å². The zero-order chi connectivity index (χ0) is 15.6. The first-order valence-corrected chi connectivity index (χ1v) is 6.47. The molecule has 1 N–H and O–H groups in total. The second-order valence-corrected chi connectivity index (χ2v) is 4.78. The van der Waals surface area contributed by atoms with Crippen molar-refractivity contribution in [1.29, 1.82) is 0 Å². The molecule has 2 aromatic rings. The number of nitrogens with zero attached hydrogens (tertiary/aromatic N) is 4. The molecule has 2 rings (SSSR count). The molecule has 0 fully saturated rings. The minimum atomic E-state index is -4.50. The van der Waals surface area contributed by atoms with Crippen molar-refractivity contribution in [1.82, 2.24) is 19.5 Å². The Kier molecular flexibility index (Phi) is 4.21. The molecular formula is C10H9F3N4O3S. The standard InChI is InChI=1S/C10H9F3N4O3S/c1-20-8-6-7(14-4-15-8)17(3-10(11,12)13)9(16-6)21-2-5(18)19/h4H,2-3H2,1H3,(H,18,19). The highest BCUT2D eigenvalue weighted by Crippen LogP contribution is 2.30. The molecule has 114 valence electrons. The molecule has 21 heavy (non-hydrogen) atoms. The Hall–Kier alpha value is -2.04. The van der Waals surface area contributed by atoms with Crippen LogP contribution >= 0.6 is 11.8 Å². The van der Waals surface area contributed by atoms with Gasteiger partial charge in [0.2, 0.25) is 5.88 Å². The van der Waals surface area contributed by atoms with Crippen LogP contribution < -0.4 is 4.74 Å². The summed E-state index contributed by atoms with van der Waals surface area (Å²) in [6, 6.07) is 0. The SMILES string of the molecule is COc1ncnc2c1nc(SCC(=O)O)n2CC(F)(F)F. The summed E-state index contributed by atoms with van der Waals surface area (Å²) in [5.74, 6) is -1.56. The lowest BCUT2D eigenvalue weighted by molar-refractivity contribution is -0.141. The van der Waals surface area contributed by atoms with Gasteiger partial charge in [0.1, 0.15) is 12.9 Å². The molecule has 0 spiro atoms. The third-order valence-electron chi connectivity index (χ3n) is 2.32. The zero-order valence-electron chi connectivity index (χ0n) is 10.6. The third-order valence-corrected chi connectivity index (χ3v) is 3.28. The van der Waals surface area contributed by atoms with E-state index < -0.39 is 24.4 Å². The maximum absolute atomic E-state index is 12.7. The Morgan fingerprint density at radius 3 is 2.76 bits per heavy atom. The summed E-state index contributed by atoms with van der Waals surface area (Å²) in [6.45, 7) is -1.33. The Labute approximate surface area is 120 Å². The van der Waals surface area contributed by atoms with Crippen molar-refractivity contribution >= 4 is 28.9 Å². The number of carbonyl (C=O) groups is 1. The lowest BCUT2D eigenvalue weighted by Gasteiger charge is -2.10. The molecule has 0 radical (unpaired) electrons. The topological polar surface area (TPSA) is 90.1 Å². The fourth-order valence-corrected chi connectivity index (χ4v) is 2.32. The molecule has 2 aromatic heterocycles. The second kappa shape index (κ2) is 5.76. The average molecular weight is 322 g/mol. The molecule has 0 unspecified atom stereocenters. The number of halogens is 3. The zero-order valence-corrected chi connectivity index (χ0v) is 11.4. The fraction of sp³-hybridized carbons (Fsp3) is 0.400. The molecule has 7 nitrogen and oxygen atoms in total. The van der Waals surface area contributed by atoms with E-state index in [9.17, 15) is 18.0 Å². The number of fused-ring (bicyclic) bond motifs is 1. The van der Waals surface area contributed by atoms with Crippen molar-refractivity contribution in [3.8, 4) is 5.88 Å². The van der Waals surface area contributed by atoms with E-state index >= 15 is 0 Å². The minimum absolute atomic E-state index is 0.0260. The van der Waals surface area contributed by atoms with Gasteiger partial charge in [-0.15, -0.1) is 0 Å². The van der Waals surface area contributed by atoms with Gasteiger partial charge in [-0.25, -0.2) is 9.97 Å². The number of carboxylic acid groups (broad SMARTS) is 1. The molecule has 2 heterocycles. The van der Waals surface area contributed by atoms with E-state index in [2.05, 4.69) is 15.0 Å². The van der Waals surface area contributed by atoms with Gasteiger partial charge in [0, 0.05) is 0 Å². The van der Waals surface area contributed by atoms with E-state index in [4.69, 9.17) is 9.84 Å². The number of imidazole rings is 1. The number of methoxy groups -OCH3 is 1. The van der Waals surface area contributed by atoms with Crippen molar-refractivity contribution in [3.63, 3.8) is 0 Å². The molecule has 0 aliphatic heterocycles. The number of aliphatic carboxylic acids is 1. The minimum Gasteiger partial charge on any atom is -0.481 e. The van der Waals surface area contributed by atoms with Gasteiger partial charge < -0.3 is 9.84 Å². The van der Waals surface area contributed by atoms with Gasteiger partial charge in [-0.1, -0.05) is 11.8 Å². The average Bonchev–Trinajstić information content (AvgIpc) is 2.72. The number of thioether (sulfide) groups is 1.